The number of aryl methyl sites for hydroxylation is 2. The largest absolute Gasteiger partial charge is 0.370 e. The Hall–Kier alpha value is -1.77. The second-order valence-corrected chi connectivity index (χ2v) is 6.00. The molecule has 2 aromatic rings. The highest BCUT2D eigenvalue weighted by atomic mass is 127. The van der Waals surface area contributed by atoms with Crippen LogP contribution in [0.5, 0.6) is 0 Å². The molecule has 1 heterocycles. The van der Waals surface area contributed by atoms with Crippen LogP contribution in [-0.4, -0.2) is 48.7 Å². The van der Waals surface area contributed by atoms with Crippen LogP contribution in [0, 0.1) is 6.92 Å². The van der Waals surface area contributed by atoms with Gasteiger partial charge in [-0.2, -0.15) is 0 Å². The summed E-state index contributed by atoms with van der Waals surface area (Å²) in [7, 11) is 1.81. The quantitative estimate of drug-likeness (QED) is 0.256. The van der Waals surface area contributed by atoms with Crippen molar-refractivity contribution in [3.63, 3.8) is 0 Å². The third-order valence-electron chi connectivity index (χ3n) is 4.09. The number of aromatic nitrogens is 2. The summed E-state index contributed by atoms with van der Waals surface area (Å²) in [5, 5.41) is 6.75. The molecule has 1 aromatic carbocycles. The Labute approximate surface area is 174 Å². The van der Waals surface area contributed by atoms with Crippen LogP contribution >= 0.6 is 24.0 Å². The number of nitrogens with one attached hydrogen (secondary N) is 2. The number of halogens is 1. The average Bonchev–Trinajstić information content (AvgIpc) is 3.14. The number of likely N-dealkylation sites (N-methyl/N-ethyl adjacent to an activating group) is 1. The fourth-order valence-electron chi connectivity index (χ4n) is 2.71. The molecular formula is C19H31IN6. The minimum Gasteiger partial charge on any atom is -0.370 e. The summed E-state index contributed by atoms with van der Waals surface area (Å²) in [4.78, 5) is 10.7. The normalized spacial score (nSPS) is 11.0. The van der Waals surface area contributed by atoms with Gasteiger partial charge >= 0.3 is 0 Å². The van der Waals surface area contributed by atoms with Crippen molar-refractivity contribution in [2.24, 2.45) is 4.99 Å². The van der Waals surface area contributed by atoms with Gasteiger partial charge in [-0.3, -0.25) is 4.99 Å². The molecule has 26 heavy (non-hydrogen) atoms. The minimum atomic E-state index is 0. The SMILES string of the molecule is CCN(CCNC(=NC)NCCCn1ccnc1)c1cccc(C)c1.I. The monoisotopic (exact) mass is 470 g/mol. The summed E-state index contributed by atoms with van der Waals surface area (Å²) in [6.07, 6.45) is 6.67. The Morgan fingerprint density at radius 3 is 2.73 bits per heavy atom. The van der Waals surface area contributed by atoms with Gasteiger partial charge in [0, 0.05) is 57.9 Å². The van der Waals surface area contributed by atoms with Crippen LogP contribution in [-0.2, 0) is 6.54 Å². The molecule has 7 heteroatoms. The molecule has 0 amide bonds. The van der Waals surface area contributed by atoms with Gasteiger partial charge < -0.3 is 20.1 Å². The maximum absolute atomic E-state index is 4.29. The van der Waals surface area contributed by atoms with E-state index in [2.05, 4.69) is 68.2 Å². The zero-order valence-corrected chi connectivity index (χ0v) is 18.3. The van der Waals surface area contributed by atoms with Crippen LogP contribution in [0.3, 0.4) is 0 Å². The summed E-state index contributed by atoms with van der Waals surface area (Å²) in [6, 6.07) is 8.64. The van der Waals surface area contributed by atoms with Crippen molar-refractivity contribution in [2.45, 2.75) is 26.8 Å². The van der Waals surface area contributed by atoms with E-state index in [4.69, 9.17) is 0 Å². The van der Waals surface area contributed by atoms with Crippen molar-refractivity contribution >= 4 is 35.6 Å². The molecule has 0 unspecified atom stereocenters. The zero-order valence-electron chi connectivity index (χ0n) is 16.0. The molecule has 0 aliphatic rings. The molecule has 0 aliphatic heterocycles. The topological polar surface area (TPSA) is 57.5 Å². The predicted octanol–water partition coefficient (Wildman–Crippen LogP) is 2.89. The number of rotatable bonds is 9. The van der Waals surface area contributed by atoms with Crippen LogP contribution in [0.2, 0.25) is 0 Å². The number of hydrogen-bond donors (Lipinski definition) is 2. The van der Waals surface area contributed by atoms with Gasteiger partial charge in [-0.15, -0.1) is 24.0 Å². The van der Waals surface area contributed by atoms with Gasteiger partial charge in [-0.05, 0) is 38.0 Å². The van der Waals surface area contributed by atoms with Crippen molar-refractivity contribution in [3.8, 4) is 0 Å². The van der Waals surface area contributed by atoms with Gasteiger partial charge in [-0.1, -0.05) is 12.1 Å². The molecule has 0 saturated heterocycles. The Kier molecular flexibility index (Phi) is 10.8. The summed E-state index contributed by atoms with van der Waals surface area (Å²) >= 11 is 0. The van der Waals surface area contributed by atoms with Gasteiger partial charge in [0.1, 0.15) is 0 Å². The van der Waals surface area contributed by atoms with E-state index in [1.165, 1.54) is 11.3 Å². The third kappa shape index (κ3) is 7.63. The van der Waals surface area contributed by atoms with Gasteiger partial charge in [0.05, 0.1) is 6.33 Å². The minimum absolute atomic E-state index is 0. The number of benzene rings is 1. The fourth-order valence-corrected chi connectivity index (χ4v) is 2.71. The first-order chi connectivity index (χ1) is 12.2. The van der Waals surface area contributed by atoms with Crippen LogP contribution in [0.15, 0.2) is 48.0 Å². The summed E-state index contributed by atoms with van der Waals surface area (Å²) < 4.78 is 2.08. The zero-order chi connectivity index (χ0) is 17.9. The summed E-state index contributed by atoms with van der Waals surface area (Å²) in [5.41, 5.74) is 2.56. The molecular weight excluding hydrogens is 439 g/mol. The first-order valence-corrected chi connectivity index (χ1v) is 8.94. The second-order valence-electron chi connectivity index (χ2n) is 6.00. The lowest BCUT2D eigenvalue weighted by Crippen LogP contribution is -2.42. The van der Waals surface area contributed by atoms with Gasteiger partial charge in [0.25, 0.3) is 0 Å². The lowest BCUT2D eigenvalue weighted by atomic mass is 10.2. The van der Waals surface area contributed by atoms with E-state index in [9.17, 15) is 0 Å². The molecule has 0 saturated carbocycles. The van der Waals surface area contributed by atoms with E-state index in [1.807, 2.05) is 25.8 Å². The van der Waals surface area contributed by atoms with E-state index in [1.54, 1.807) is 0 Å². The standard InChI is InChI=1S/C19H30N6.HI/c1-4-25(18-8-5-7-17(2)15-18)14-11-23-19(20-3)22-9-6-12-24-13-10-21-16-24;/h5,7-8,10,13,15-16H,4,6,9,11-12,14H2,1-3H3,(H2,20,22,23);1H. The van der Waals surface area contributed by atoms with E-state index in [-0.39, 0.29) is 24.0 Å². The highest BCUT2D eigenvalue weighted by Crippen LogP contribution is 2.14. The Morgan fingerprint density at radius 2 is 2.08 bits per heavy atom. The molecule has 144 valence electrons. The smallest absolute Gasteiger partial charge is 0.191 e. The molecule has 0 bridgehead atoms. The number of nitrogens with zero attached hydrogens (tertiary/aromatic N) is 4. The van der Waals surface area contributed by atoms with E-state index >= 15 is 0 Å². The molecule has 0 atom stereocenters. The average molecular weight is 470 g/mol. The predicted molar refractivity (Wildman–Crippen MR) is 121 cm³/mol. The molecule has 2 N–H and O–H groups in total. The van der Waals surface area contributed by atoms with Crippen LogP contribution in [0.25, 0.3) is 0 Å². The Bertz CT molecular complexity index is 641. The molecule has 0 spiro atoms. The third-order valence-corrected chi connectivity index (χ3v) is 4.09. The highest BCUT2D eigenvalue weighted by molar-refractivity contribution is 14.0. The molecule has 0 fully saturated rings. The first kappa shape index (κ1) is 22.3. The van der Waals surface area contributed by atoms with E-state index in [0.29, 0.717) is 0 Å². The van der Waals surface area contributed by atoms with Crippen molar-refractivity contribution in [1.82, 2.24) is 20.2 Å². The summed E-state index contributed by atoms with van der Waals surface area (Å²) in [5.74, 6) is 0.853. The van der Waals surface area contributed by atoms with E-state index in [0.717, 1.165) is 45.1 Å². The maximum atomic E-state index is 4.29. The second kappa shape index (κ2) is 12.6. The summed E-state index contributed by atoms with van der Waals surface area (Å²) in [6.45, 7) is 8.94. The van der Waals surface area contributed by atoms with Crippen molar-refractivity contribution in [1.29, 1.82) is 0 Å². The maximum Gasteiger partial charge on any atom is 0.191 e. The molecule has 2 rings (SSSR count). The molecule has 0 aliphatic carbocycles. The number of hydrogen-bond acceptors (Lipinski definition) is 3. The molecule has 1 aromatic heterocycles. The van der Waals surface area contributed by atoms with E-state index < -0.39 is 0 Å². The number of guanidine groups is 1. The van der Waals surface area contributed by atoms with Crippen LogP contribution in [0.1, 0.15) is 18.9 Å². The fraction of sp³-hybridized carbons (Fsp3) is 0.474. The highest BCUT2D eigenvalue weighted by Gasteiger charge is 2.05. The Morgan fingerprint density at radius 1 is 1.27 bits per heavy atom. The first-order valence-electron chi connectivity index (χ1n) is 8.94. The number of anilines is 1. The van der Waals surface area contributed by atoms with Gasteiger partial charge in [-0.25, -0.2) is 4.98 Å². The van der Waals surface area contributed by atoms with Gasteiger partial charge in [0.15, 0.2) is 5.96 Å². The lowest BCUT2D eigenvalue weighted by molar-refractivity contribution is 0.624. The number of aliphatic imine (C=N–C) groups is 1. The van der Waals surface area contributed by atoms with Crippen molar-refractivity contribution in [2.75, 3.05) is 38.1 Å². The number of imidazole rings is 1. The lowest BCUT2D eigenvalue weighted by Gasteiger charge is -2.24. The van der Waals surface area contributed by atoms with Crippen LogP contribution in [0.4, 0.5) is 5.69 Å². The van der Waals surface area contributed by atoms with Crippen molar-refractivity contribution in [3.05, 3.63) is 48.5 Å². The molecule has 6 nitrogen and oxygen atoms in total. The van der Waals surface area contributed by atoms with Crippen LogP contribution < -0.4 is 15.5 Å². The van der Waals surface area contributed by atoms with Crippen molar-refractivity contribution < 1.29 is 0 Å². The molecule has 0 radical (unpaired) electrons. The van der Waals surface area contributed by atoms with Gasteiger partial charge in [0.2, 0.25) is 0 Å². The Balaban J connectivity index is 0.00000338.